The van der Waals surface area contributed by atoms with Crippen molar-refractivity contribution in [1.82, 2.24) is 9.97 Å². The van der Waals surface area contributed by atoms with E-state index in [0.717, 1.165) is 0 Å². The minimum atomic E-state index is 0.424. The van der Waals surface area contributed by atoms with Gasteiger partial charge in [-0.25, -0.2) is 4.98 Å². The lowest BCUT2D eigenvalue weighted by atomic mass is 10.1. The van der Waals surface area contributed by atoms with Crippen LogP contribution in [0.3, 0.4) is 0 Å². The number of ether oxygens (including phenoxy) is 2. The van der Waals surface area contributed by atoms with Crippen molar-refractivity contribution in [2.24, 2.45) is 0 Å². The lowest BCUT2D eigenvalue weighted by molar-refractivity contribution is 0.144. The second kappa shape index (κ2) is 7.89. The maximum absolute atomic E-state index is 6.07. The van der Waals surface area contributed by atoms with Crippen LogP contribution in [-0.4, -0.2) is 36.3 Å². The van der Waals surface area contributed by atoms with E-state index in [1.54, 1.807) is 7.11 Å². The Kier molecular flexibility index (Phi) is 5.86. The Morgan fingerprint density at radius 2 is 1.95 bits per heavy atom. The van der Waals surface area contributed by atoms with Crippen LogP contribution < -0.4 is 15.8 Å². The Hall–Kier alpha value is -1.56. The van der Waals surface area contributed by atoms with Gasteiger partial charge in [-0.2, -0.15) is 4.98 Å². The SMILES string of the molecule is COCCOc1ncnc(NC2CCCCCC2)c1N. The highest BCUT2D eigenvalue weighted by Gasteiger charge is 2.16. The topological polar surface area (TPSA) is 82.3 Å². The van der Waals surface area contributed by atoms with Crippen LogP contribution >= 0.6 is 0 Å². The average molecular weight is 280 g/mol. The fourth-order valence-electron chi connectivity index (χ4n) is 2.45. The first-order valence-electron chi connectivity index (χ1n) is 7.30. The van der Waals surface area contributed by atoms with E-state index >= 15 is 0 Å². The Bertz CT molecular complexity index is 406. The molecule has 0 aromatic carbocycles. The second-order valence-corrected chi connectivity index (χ2v) is 5.12. The van der Waals surface area contributed by atoms with E-state index in [9.17, 15) is 0 Å². The van der Waals surface area contributed by atoms with Crippen LogP contribution in [0, 0.1) is 0 Å². The molecule has 1 aromatic rings. The molecule has 3 N–H and O–H groups in total. The number of nitrogen functional groups attached to an aromatic ring is 1. The predicted octanol–water partition coefficient (Wildman–Crippen LogP) is 2.22. The molecule has 0 aliphatic heterocycles. The summed E-state index contributed by atoms with van der Waals surface area (Å²) in [6, 6.07) is 0.446. The quantitative estimate of drug-likeness (QED) is 0.614. The van der Waals surface area contributed by atoms with E-state index in [-0.39, 0.29) is 0 Å². The standard InChI is InChI=1S/C14H24N4O2/c1-19-8-9-20-14-12(15)13(16-10-17-14)18-11-6-4-2-3-5-7-11/h10-11H,2-9,15H2,1H3,(H,16,17,18). The van der Waals surface area contributed by atoms with Gasteiger partial charge in [0.1, 0.15) is 18.6 Å². The minimum absolute atomic E-state index is 0.424. The Balaban J connectivity index is 1.98. The summed E-state index contributed by atoms with van der Waals surface area (Å²) >= 11 is 0. The van der Waals surface area contributed by atoms with Gasteiger partial charge in [0.05, 0.1) is 6.61 Å². The molecule has 2 rings (SSSR count). The maximum atomic E-state index is 6.07. The number of nitrogens with two attached hydrogens (primary N) is 1. The van der Waals surface area contributed by atoms with Crippen molar-refractivity contribution in [3.05, 3.63) is 6.33 Å². The van der Waals surface area contributed by atoms with E-state index in [1.165, 1.54) is 44.9 Å². The fraction of sp³-hybridized carbons (Fsp3) is 0.714. The number of hydrogen-bond acceptors (Lipinski definition) is 6. The minimum Gasteiger partial charge on any atom is -0.474 e. The molecular weight excluding hydrogens is 256 g/mol. The highest BCUT2D eigenvalue weighted by molar-refractivity contribution is 5.66. The van der Waals surface area contributed by atoms with Crippen LogP contribution in [0.5, 0.6) is 5.88 Å². The summed E-state index contributed by atoms with van der Waals surface area (Å²) in [5.74, 6) is 1.10. The van der Waals surface area contributed by atoms with Crippen molar-refractivity contribution in [2.75, 3.05) is 31.4 Å². The van der Waals surface area contributed by atoms with Gasteiger partial charge in [0.2, 0.25) is 5.88 Å². The molecule has 1 fully saturated rings. The van der Waals surface area contributed by atoms with Crippen molar-refractivity contribution in [3.8, 4) is 5.88 Å². The van der Waals surface area contributed by atoms with Crippen molar-refractivity contribution in [3.63, 3.8) is 0 Å². The van der Waals surface area contributed by atoms with E-state index < -0.39 is 0 Å². The summed E-state index contributed by atoms with van der Waals surface area (Å²) in [5, 5.41) is 3.43. The first-order valence-corrected chi connectivity index (χ1v) is 7.30. The molecule has 1 aliphatic carbocycles. The summed E-state index contributed by atoms with van der Waals surface area (Å²) in [6.45, 7) is 0.940. The molecule has 20 heavy (non-hydrogen) atoms. The van der Waals surface area contributed by atoms with Gasteiger partial charge in [-0.3, -0.25) is 0 Å². The molecule has 1 saturated carbocycles. The van der Waals surface area contributed by atoms with Crippen LogP contribution in [-0.2, 0) is 4.74 Å². The molecule has 0 bridgehead atoms. The predicted molar refractivity (Wildman–Crippen MR) is 78.9 cm³/mol. The highest BCUT2D eigenvalue weighted by Crippen LogP contribution is 2.27. The summed E-state index contributed by atoms with van der Waals surface area (Å²) in [6.07, 6.45) is 9.00. The summed E-state index contributed by atoms with van der Waals surface area (Å²) < 4.78 is 10.4. The van der Waals surface area contributed by atoms with Gasteiger partial charge in [-0.05, 0) is 12.8 Å². The van der Waals surface area contributed by atoms with Crippen LogP contribution in [0.25, 0.3) is 0 Å². The van der Waals surface area contributed by atoms with Crippen molar-refractivity contribution in [1.29, 1.82) is 0 Å². The van der Waals surface area contributed by atoms with E-state index in [2.05, 4.69) is 15.3 Å². The number of anilines is 2. The molecule has 112 valence electrons. The van der Waals surface area contributed by atoms with Crippen LogP contribution in [0.4, 0.5) is 11.5 Å². The number of aromatic nitrogens is 2. The number of nitrogens with zero attached hydrogens (tertiary/aromatic N) is 2. The van der Waals surface area contributed by atoms with Gasteiger partial charge in [0.15, 0.2) is 5.82 Å². The van der Waals surface area contributed by atoms with Gasteiger partial charge in [0, 0.05) is 13.2 Å². The summed E-state index contributed by atoms with van der Waals surface area (Å²) in [7, 11) is 1.63. The molecule has 0 radical (unpaired) electrons. The molecule has 1 aromatic heterocycles. The van der Waals surface area contributed by atoms with Gasteiger partial charge in [-0.1, -0.05) is 25.7 Å². The monoisotopic (exact) mass is 280 g/mol. The van der Waals surface area contributed by atoms with E-state index in [4.69, 9.17) is 15.2 Å². The molecule has 1 heterocycles. The zero-order valence-corrected chi connectivity index (χ0v) is 12.1. The fourth-order valence-corrected chi connectivity index (χ4v) is 2.45. The normalized spacial score (nSPS) is 16.6. The van der Waals surface area contributed by atoms with E-state index in [0.29, 0.717) is 36.6 Å². The van der Waals surface area contributed by atoms with Gasteiger partial charge in [0.25, 0.3) is 0 Å². The smallest absolute Gasteiger partial charge is 0.242 e. The van der Waals surface area contributed by atoms with Crippen LogP contribution in [0.15, 0.2) is 6.33 Å². The van der Waals surface area contributed by atoms with Crippen LogP contribution in [0.2, 0.25) is 0 Å². The molecule has 6 heteroatoms. The molecule has 6 nitrogen and oxygen atoms in total. The molecule has 0 amide bonds. The summed E-state index contributed by atoms with van der Waals surface area (Å²) in [4.78, 5) is 8.30. The molecule has 1 aliphatic rings. The zero-order chi connectivity index (χ0) is 14.2. The third kappa shape index (κ3) is 4.23. The molecular formula is C14H24N4O2. The zero-order valence-electron chi connectivity index (χ0n) is 12.1. The van der Waals surface area contributed by atoms with Crippen LogP contribution in [0.1, 0.15) is 38.5 Å². The first-order chi connectivity index (χ1) is 9.81. The van der Waals surface area contributed by atoms with Gasteiger partial charge in [-0.15, -0.1) is 0 Å². The summed E-state index contributed by atoms with van der Waals surface area (Å²) in [5.41, 5.74) is 6.55. The number of methoxy groups -OCH3 is 1. The maximum Gasteiger partial charge on any atom is 0.242 e. The molecule has 0 spiro atoms. The third-order valence-corrected chi connectivity index (χ3v) is 3.57. The van der Waals surface area contributed by atoms with Gasteiger partial charge >= 0.3 is 0 Å². The second-order valence-electron chi connectivity index (χ2n) is 5.12. The molecule has 0 unspecified atom stereocenters. The average Bonchev–Trinajstić information content (AvgIpc) is 2.72. The van der Waals surface area contributed by atoms with Crippen molar-refractivity contribution in [2.45, 2.75) is 44.6 Å². The lowest BCUT2D eigenvalue weighted by Gasteiger charge is -2.18. The van der Waals surface area contributed by atoms with Crippen molar-refractivity contribution >= 4 is 11.5 Å². The number of rotatable bonds is 6. The first kappa shape index (κ1) is 14.8. The third-order valence-electron chi connectivity index (χ3n) is 3.57. The Morgan fingerprint density at radius 3 is 2.65 bits per heavy atom. The Labute approximate surface area is 120 Å². The number of hydrogen-bond donors (Lipinski definition) is 2. The highest BCUT2D eigenvalue weighted by atomic mass is 16.5. The molecule has 0 atom stereocenters. The molecule has 0 saturated heterocycles. The lowest BCUT2D eigenvalue weighted by Crippen LogP contribution is -2.20. The Morgan fingerprint density at radius 1 is 1.20 bits per heavy atom. The number of nitrogens with one attached hydrogen (secondary N) is 1. The van der Waals surface area contributed by atoms with Crippen molar-refractivity contribution < 1.29 is 9.47 Å². The largest absolute Gasteiger partial charge is 0.474 e. The van der Waals surface area contributed by atoms with Gasteiger partial charge < -0.3 is 20.5 Å². The van der Waals surface area contributed by atoms with E-state index in [1.807, 2.05) is 0 Å².